The highest BCUT2D eigenvalue weighted by Gasteiger charge is 2.36. The van der Waals surface area contributed by atoms with Gasteiger partial charge in [0.2, 0.25) is 5.91 Å². The van der Waals surface area contributed by atoms with Crippen LogP contribution < -0.4 is 5.32 Å². The summed E-state index contributed by atoms with van der Waals surface area (Å²) < 4.78 is 3.60. The maximum atomic E-state index is 12.5. The van der Waals surface area contributed by atoms with Crippen LogP contribution in [0.1, 0.15) is 24.7 Å². The van der Waals surface area contributed by atoms with E-state index in [4.69, 9.17) is 0 Å². The third-order valence-corrected chi connectivity index (χ3v) is 4.28. The van der Waals surface area contributed by atoms with Crippen LogP contribution >= 0.6 is 0 Å². The molecule has 4 rings (SSSR count). The van der Waals surface area contributed by atoms with Gasteiger partial charge in [-0.1, -0.05) is 12.1 Å². The molecule has 0 radical (unpaired) electrons. The summed E-state index contributed by atoms with van der Waals surface area (Å²) in [4.78, 5) is 21.1. The molecule has 7 nitrogen and oxygen atoms in total. The Bertz CT molecular complexity index is 847. The van der Waals surface area contributed by atoms with Crippen molar-refractivity contribution in [1.82, 2.24) is 29.6 Å². The summed E-state index contributed by atoms with van der Waals surface area (Å²) >= 11 is 0. The van der Waals surface area contributed by atoms with Gasteiger partial charge in [0.05, 0.1) is 23.4 Å². The number of amides is 1. The number of imidazole rings is 1. The Morgan fingerprint density at radius 3 is 2.91 bits per heavy atom. The van der Waals surface area contributed by atoms with Crippen LogP contribution in [-0.2, 0) is 18.4 Å². The molecule has 2 heterocycles. The fraction of sp³-hybridized carbons (Fsp3) is 0.375. The average Bonchev–Trinajstić information content (AvgIpc) is 3.19. The molecule has 1 N–H and O–H groups in total. The SMILES string of the molecule is Cn1ncnc1[C@@H](NC(=O)Cn1cnc2ccccc21)C1CC1. The van der Waals surface area contributed by atoms with E-state index in [-0.39, 0.29) is 18.5 Å². The standard InChI is InChI=1S/C16H18N6O/c1-21-16(17-9-19-21)15(11-6-7-11)20-14(23)8-22-10-18-12-4-2-3-5-13(12)22/h2-5,9-11,15H,6-8H2,1H3,(H,20,23)/t15-/m0/s1. The number of para-hydroxylation sites is 2. The molecule has 3 aromatic rings. The van der Waals surface area contributed by atoms with Crippen LogP contribution in [0.2, 0.25) is 0 Å². The van der Waals surface area contributed by atoms with Crippen molar-refractivity contribution in [2.45, 2.75) is 25.4 Å². The molecule has 1 atom stereocenters. The predicted molar refractivity (Wildman–Crippen MR) is 84.3 cm³/mol. The van der Waals surface area contributed by atoms with E-state index in [9.17, 15) is 4.79 Å². The van der Waals surface area contributed by atoms with Crippen LogP contribution in [0.4, 0.5) is 0 Å². The second-order valence-electron chi connectivity index (χ2n) is 5.99. The second kappa shape index (κ2) is 5.49. The molecule has 0 spiro atoms. The monoisotopic (exact) mass is 310 g/mol. The minimum Gasteiger partial charge on any atom is -0.344 e. The number of carbonyl (C=O) groups excluding carboxylic acids is 1. The zero-order valence-electron chi connectivity index (χ0n) is 12.9. The molecule has 2 aromatic heterocycles. The van der Waals surface area contributed by atoms with Crippen LogP contribution in [0.15, 0.2) is 36.9 Å². The molecule has 1 aliphatic rings. The van der Waals surface area contributed by atoms with Crippen molar-refractivity contribution in [3.63, 3.8) is 0 Å². The lowest BCUT2D eigenvalue weighted by molar-refractivity contribution is -0.122. The van der Waals surface area contributed by atoms with Gasteiger partial charge in [-0.3, -0.25) is 9.48 Å². The number of nitrogens with one attached hydrogen (secondary N) is 1. The number of carbonyl (C=O) groups is 1. The molecule has 0 bridgehead atoms. The third kappa shape index (κ3) is 2.69. The van der Waals surface area contributed by atoms with E-state index in [1.165, 1.54) is 6.33 Å². The summed E-state index contributed by atoms with van der Waals surface area (Å²) in [5, 5.41) is 7.22. The largest absolute Gasteiger partial charge is 0.344 e. The summed E-state index contributed by atoms with van der Waals surface area (Å²) in [6.45, 7) is 0.252. The number of benzene rings is 1. The maximum absolute atomic E-state index is 12.5. The van der Waals surface area contributed by atoms with Crippen molar-refractivity contribution in [1.29, 1.82) is 0 Å². The number of hydrogen-bond donors (Lipinski definition) is 1. The topological polar surface area (TPSA) is 77.6 Å². The van der Waals surface area contributed by atoms with Gasteiger partial charge in [0.1, 0.15) is 18.7 Å². The zero-order valence-corrected chi connectivity index (χ0v) is 12.9. The van der Waals surface area contributed by atoms with Crippen molar-refractivity contribution in [3.05, 3.63) is 42.7 Å². The van der Waals surface area contributed by atoms with Gasteiger partial charge in [-0.15, -0.1) is 0 Å². The van der Waals surface area contributed by atoms with Gasteiger partial charge in [-0.25, -0.2) is 9.97 Å². The van der Waals surface area contributed by atoms with Gasteiger partial charge in [-0.2, -0.15) is 5.10 Å². The first-order chi connectivity index (χ1) is 11.2. The molecule has 1 aliphatic carbocycles. The van der Waals surface area contributed by atoms with Gasteiger partial charge in [-0.05, 0) is 30.9 Å². The highest BCUT2D eigenvalue weighted by molar-refractivity contribution is 5.80. The number of nitrogens with zero attached hydrogens (tertiary/aromatic N) is 5. The van der Waals surface area contributed by atoms with Crippen LogP contribution in [0.5, 0.6) is 0 Å². The van der Waals surface area contributed by atoms with E-state index in [0.717, 1.165) is 29.7 Å². The lowest BCUT2D eigenvalue weighted by atomic mass is 10.1. The first-order valence-electron chi connectivity index (χ1n) is 7.75. The van der Waals surface area contributed by atoms with Crippen LogP contribution in [0.3, 0.4) is 0 Å². The summed E-state index contributed by atoms with van der Waals surface area (Å²) in [6, 6.07) is 7.74. The quantitative estimate of drug-likeness (QED) is 0.773. The second-order valence-corrected chi connectivity index (χ2v) is 5.99. The Kier molecular flexibility index (Phi) is 3.33. The highest BCUT2D eigenvalue weighted by atomic mass is 16.2. The van der Waals surface area contributed by atoms with E-state index in [1.54, 1.807) is 11.0 Å². The molecule has 0 aliphatic heterocycles. The summed E-state index contributed by atoms with van der Waals surface area (Å²) in [5.74, 6) is 1.24. The Morgan fingerprint density at radius 2 is 2.17 bits per heavy atom. The maximum Gasteiger partial charge on any atom is 0.240 e. The van der Waals surface area contributed by atoms with E-state index in [1.807, 2.05) is 35.9 Å². The zero-order chi connectivity index (χ0) is 15.8. The molecular weight excluding hydrogens is 292 g/mol. The molecule has 23 heavy (non-hydrogen) atoms. The number of hydrogen-bond acceptors (Lipinski definition) is 4. The first-order valence-corrected chi connectivity index (χ1v) is 7.75. The van der Waals surface area contributed by atoms with Gasteiger partial charge in [0.15, 0.2) is 0 Å². The van der Waals surface area contributed by atoms with E-state index in [0.29, 0.717) is 5.92 Å². The van der Waals surface area contributed by atoms with Crippen molar-refractivity contribution >= 4 is 16.9 Å². The normalized spacial score (nSPS) is 15.7. The number of aromatic nitrogens is 5. The van der Waals surface area contributed by atoms with E-state index < -0.39 is 0 Å². The molecule has 118 valence electrons. The fourth-order valence-corrected chi connectivity index (χ4v) is 2.92. The molecule has 1 aromatic carbocycles. The Balaban J connectivity index is 1.51. The first kappa shape index (κ1) is 13.9. The van der Waals surface area contributed by atoms with Crippen LogP contribution in [-0.4, -0.2) is 30.2 Å². The Hall–Kier alpha value is -2.70. The van der Waals surface area contributed by atoms with Gasteiger partial charge in [0.25, 0.3) is 0 Å². The van der Waals surface area contributed by atoms with E-state index >= 15 is 0 Å². The highest BCUT2D eigenvalue weighted by Crippen LogP contribution is 2.40. The van der Waals surface area contributed by atoms with Crippen molar-refractivity contribution in [2.24, 2.45) is 13.0 Å². The molecule has 0 saturated heterocycles. The Labute approximate surface area is 133 Å². The Morgan fingerprint density at radius 1 is 1.35 bits per heavy atom. The average molecular weight is 310 g/mol. The van der Waals surface area contributed by atoms with Gasteiger partial charge in [0, 0.05) is 7.05 Å². The fourth-order valence-electron chi connectivity index (χ4n) is 2.92. The molecular formula is C16H18N6O. The summed E-state index contributed by atoms with van der Waals surface area (Å²) in [7, 11) is 1.85. The summed E-state index contributed by atoms with van der Waals surface area (Å²) in [5.41, 5.74) is 1.86. The third-order valence-electron chi connectivity index (χ3n) is 4.28. The smallest absolute Gasteiger partial charge is 0.240 e. The number of rotatable bonds is 5. The predicted octanol–water partition coefficient (Wildman–Crippen LogP) is 1.43. The van der Waals surface area contributed by atoms with Crippen molar-refractivity contribution in [3.8, 4) is 0 Å². The molecule has 7 heteroatoms. The van der Waals surface area contributed by atoms with Crippen molar-refractivity contribution < 1.29 is 4.79 Å². The molecule has 1 saturated carbocycles. The van der Waals surface area contributed by atoms with Gasteiger partial charge < -0.3 is 9.88 Å². The molecule has 1 amide bonds. The lowest BCUT2D eigenvalue weighted by Crippen LogP contribution is -2.34. The summed E-state index contributed by atoms with van der Waals surface area (Å²) in [6.07, 6.45) is 5.47. The van der Waals surface area contributed by atoms with Gasteiger partial charge >= 0.3 is 0 Å². The number of aryl methyl sites for hydroxylation is 1. The van der Waals surface area contributed by atoms with Crippen LogP contribution in [0.25, 0.3) is 11.0 Å². The minimum absolute atomic E-state index is 0.0342. The van der Waals surface area contributed by atoms with Crippen LogP contribution in [0, 0.1) is 5.92 Å². The molecule has 0 unspecified atom stereocenters. The van der Waals surface area contributed by atoms with E-state index in [2.05, 4.69) is 20.4 Å². The molecule has 1 fully saturated rings. The van der Waals surface area contributed by atoms with Crippen molar-refractivity contribution in [2.75, 3.05) is 0 Å². The minimum atomic E-state index is -0.0650. The lowest BCUT2D eigenvalue weighted by Gasteiger charge is -2.17. The number of fused-ring (bicyclic) bond motifs is 1.